The molecule has 2 N–H and O–H groups in total. The number of phenols is 1. The van der Waals surface area contributed by atoms with E-state index >= 15 is 0 Å². The van der Waals surface area contributed by atoms with Gasteiger partial charge in [-0.2, -0.15) is 0 Å². The topological polar surface area (TPSA) is 49.7 Å². The van der Waals surface area contributed by atoms with Crippen LogP contribution in [0.25, 0.3) is 0 Å². The summed E-state index contributed by atoms with van der Waals surface area (Å²) in [6.07, 6.45) is 0. The van der Waals surface area contributed by atoms with Gasteiger partial charge in [0.15, 0.2) is 11.5 Å². The second kappa shape index (κ2) is 4.68. The van der Waals surface area contributed by atoms with Gasteiger partial charge < -0.3 is 14.9 Å². The van der Waals surface area contributed by atoms with Crippen LogP contribution >= 0.6 is 0 Å². The van der Waals surface area contributed by atoms with E-state index in [2.05, 4.69) is 0 Å². The molecule has 3 heteroatoms. The molecule has 0 spiro atoms. The summed E-state index contributed by atoms with van der Waals surface area (Å²) in [4.78, 5) is 0. The highest BCUT2D eigenvalue weighted by Crippen LogP contribution is 2.30. The van der Waals surface area contributed by atoms with E-state index in [1.54, 1.807) is 48.5 Å². The summed E-state index contributed by atoms with van der Waals surface area (Å²) in [5, 5.41) is 18.5. The highest BCUT2D eigenvalue weighted by atomic mass is 16.5. The molecule has 0 radical (unpaired) electrons. The third kappa shape index (κ3) is 2.32. The van der Waals surface area contributed by atoms with Crippen molar-refractivity contribution in [2.75, 3.05) is 0 Å². The molecule has 0 aliphatic rings. The van der Waals surface area contributed by atoms with Crippen LogP contribution in [-0.2, 0) is 6.61 Å². The Morgan fingerprint density at radius 1 is 1.00 bits per heavy atom. The van der Waals surface area contributed by atoms with Crippen molar-refractivity contribution in [1.82, 2.24) is 0 Å². The molecule has 0 bridgehead atoms. The fourth-order valence-electron chi connectivity index (χ4n) is 1.38. The average Bonchev–Trinajstić information content (AvgIpc) is 2.32. The van der Waals surface area contributed by atoms with Crippen LogP contribution in [0.15, 0.2) is 48.5 Å². The van der Waals surface area contributed by atoms with Gasteiger partial charge in [-0.1, -0.05) is 24.3 Å². The Hall–Kier alpha value is -2.00. The van der Waals surface area contributed by atoms with Crippen molar-refractivity contribution in [2.24, 2.45) is 0 Å². The summed E-state index contributed by atoms with van der Waals surface area (Å²) in [5.41, 5.74) is 0.771. The van der Waals surface area contributed by atoms with Crippen LogP contribution in [-0.4, -0.2) is 10.2 Å². The Bertz CT molecular complexity index is 480. The molecule has 2 aromatic carbocycles. The molecule has 0 fully saturated rings. The van der Waals surface area contributed by atoms with Gasteiger partial charge in [-0.25, -0.2) is 0 Å². The maximum Gasteiger partial charge on any atom is 0.169 e. The molecular weight excluding hydrogens is 204 g/mol. The predicted octanol–water partition coefficient (Wildman–Crippen LogP) is 2.68. The van der Waals surface area contributed by atoms with Crippen molar-refractivity contribution in [1.29, 1.82) is 0 Å². The van der Waals surface area contributed by atoms with E-state index in [0.717, 1.165) is 5.56 Å². The largest absolute Gasteiger partial charge is 0.504 e. The maximum absolute atomic E-state index is 9.52. The lowest BCUT2D eigenvalue weighted by atomic mass is 10.2. The van der Waals surface area contributed by atoms with Crippen molar-refractivity contribution in [3.8, 4) is 17.2 Å². The van der Waals surface area contributed by atoms with Crippen LogP contribution in [0.3, 0.4) is 0 Å². The number of benzene rings is 2. The van der Waals surface area contributed by atoms with Gasteiger partial charge in [-0.05, 0) is 29.8 Å². The fraction of sp³-hybridized carbons (Fsp3) is 0.0769. The van der Waals surface area contributed by atoms with Crippen molar-refractivity contribution < 1.29 is 14.9 Å². The van der Waals surface area contributed by atoms with Crippen LogP contribution in [0, 0.1) is 0 Å². The summed E-state index contributed by atoms with van der Waals surface area (Å²) in [6.45, 7) is -0.0298. The van der Waals surface area contributed by atoms with Crippen LogP contribution < -0.4 is 4.74 Å². The summed E-state index contributed by atoms with van der Waals surface area (Å²) in [7, 11) is 0. The molecule has 0 aliphatic heterocycles. The minimum Gasteiger partial charge on any atom is -0.504 e. The highest BCUT2D eigenvalue weighted by Gasteiger charge is 2.02. The number of phenolic OH excluding ortho intramolecular Hbond substituents is 1. The first-order valence-electron chi connectivity index (χ1n) is 4.95. The zero-order valence-corrected chi connectivity index (χ0v) is 8.63. The summed E-state index contributed by atoms with van der Waals surface area (Å²) < 4.78 is 5.49. The third-order valence-electron chi connectivity index (χ3n) is 2.17. The first kappa shape index (κ1) is 10.5. The first-order valence-corrected chi connectivity index (χ1v) is 4.95. The predicted molar refractivity (Wildman–Crippen MR) is 60.5 cm³/mol. The van der Waals surface area contributed by atoms with Gasteiger partial charge in [0, 0.05) is 0 Å². The Morgan fingerprint density at radius 2 is 1.81 bits per heavy atom. The molecule has 0 atom stereocenters. The van der Waals surface area contributed by atoms with Gasteiger partial charge in [0.2, 0.25) is 0 Å². The Kier molecular flexibility index (Phi) is 3.08. The molecule has 0 aliphatic carbocycles. The summed E-state index contributed by atoms with van der Waals surface area (Å²) >= 11 is 0. The molecular formula is C13H12O3. The Balaban J connectivity index is 2.24. The lowest BCUT2D eigenvalue weighted by molar-refractivity contribution is 0.281. The number of para-hydroxylation sites is 2. The molecule has 82 valence electrons. The van der Waals surface area contributed by atoms with Crippen LogP contribution in [0.1, 0.15) is 5.56 Å². The van der Waals surface area contributed by atoms with Gasteiger partial charge in [0.05, 0.1) is 6.61 Å². The molecule has 16 heavy (non-hydrogen) atoms. The lowest BCUT2D eigenvalue weighted by Crippen LogP contribution is -1.87. The van der Waals surface area contributed by atoms with Crippen molar-refractivity contribution >= 4 is 0 Å². The van der Waals surface area contributed by atoms with Crippen molar-refractivity contribution in [3.05, 3.63) is 54.1 Å². The van der Waals surface area contributed by atoms with E-state index in [1.807, 2.05) is 0 Å². The quantitative estimate of drug-likeness (QED) is 0.829. The number of aliphatic hydroxyl groups is 1. The summed E-state index contributed by atoms with van der Waals surface area (Å²) in [5.74, 6) is 1.09. The molecule has 3 nitrogen and oxygen atoms in total. The SMILES string of the molecule is OCc1cccc(Oc2ccccc2O)c1. The van der Waals surface area contributed by atoms with E-state index in [4.69, 9.17) is 9.84 Å². The molecule has 0 unspecified atom stereocenters. The average molecular weight is 216 g/mol. The molecule has 0 heterocycles. The molecule has 0 amide bonds. The van der Waals surface area contributed by atoms with Gasteiger partial charge in [-0.3, -0.25) is 0 Å². The number of aromatic hydroxyl groups is 1. The van der Waals surface area contributed by atoms with E-state index in [-0.39, 0.29) is 12.4 Å². The van der Waals surface area contributed by atoms with E-state index in [9.17, 15) is 5.11 Å². The second-order valence-corrected chi connectivity index (χ2v) is 3.38. The minimum atomic E-state index is -0.0298. The van der Waals surface area contributed by atoms with E-state index < -0.39 is 0 Å². The summed E-state index contributed by atoms with van der Waals surface area (Å²) in [6, 6.07) is 13.8. The highest BCUT2D eigenvalue weighted by molar-refractivity contribution is 5.42. The van der Waals surface area contributed by atoms with Gasteiger partial charge in [-0.15, -0.1) is 0 Å². The zero-order chi connectivity index (χ0) is 11.4. The number of hydrogen-bond donors (Lipinski definition) is 2. The Labute approximate surface area is 93.6 Å². The monoisotopic (exact) mass is 216 g/mol. The van der Waals surface area contributed by atoms with Crippen LogP contribution in [0.2, 0.25) is 0 Å². The van der Waals surface area contributed by atoms with Gasteiger partial charge >= 0.3 is 0 Å². The third-order valence-corrected chi connectivity index (χ3v) is 2.17. The van der Waals surface area contributed by atoms with Crippen LogP contribution in [0.5, 0.6) is 17.2 Å². The van der Waals surface area contributed by atoms with Gasteiger partial charge in [0.25, 0.3) is 0 Å². The standard InChI is InChI=1S/C13H12O3/c14-9-10-4-3-5-11(8-10)16-13-7-2-1-6-12(13)15/h1-8,14-15H,9H2. The van der Waals surface area contributed by atoms with E-state index in [0.29, 0.717) is 11.5 Å². The normalized spacial score (nSPS) is 10.1. The maximum atomic E-state index is 9.52. The number of rotatable bonds is 3. The first-order chi connectivity index (χ1) is 7.79. The van der Waals surface area contributed by atoms with Crippen LogP contribution in [0.4, 0.5) is 0 Å². The number of ether oxygens (including phenoxy) is 1. The second-order valence-electron chi connectivity index (χ2n) is 3.38. The molecule has 0 saturated carbocycles. The molecule has 2 rings (SSSR count). The molecule has 2 aromatic rings. The lowest BCUT2D eigenvalue weighted by Gasteiger charge is -2.07. The molecule has 0 aromatic heterocycles. The number of aliphatic hydroxyl groups excluding tert-OH is 1. The van der Waals surface area contributed by atoms with E-state index in [1.165, 1.54) is 0 Å². The van der Waals surface area contributed by atoms with Gasteiger partial charge in [0.1, 0.15) is 5.75 Å². The van der Waals surface area contributed by atoms with Crippen molar-refractivity contribution in [3.63, 3.8) is 0 Å². The smallest absolute Gasteiger partial charge is 0.169 e. The zero-order valence-electron chi connectivity index (χ0n) is 8.63. The molecule has 0 saturated heterocycles. The van der Waals surface area contributed by atoms with Crippen molar-refractivity contribution in [2.45, 2.75) is 6.61 Å². The minimum absolute atomic E-state index is 0.0298. The fourth-order valence-corrected chi connectivity index (χ4v) is 1.38. The Morgan fingerprint density at radius 3 is 2.56 bits per heavy atom. The number of hydrogen-bond acceptors (Lipinski definition) is 3.